The fraction of sp³-hybridized carbons (Fsp3) is 0.263. The SMILES string of the molecule is CCc1nn(C)cc1-c1cccc(C(=O)N(C)Cc2ccoc2)c1. The van der Waals surface area contributed by atoms with Crippen molar-refractivity contribution in [2.24, 2.45) is 7.05 Å². The van der Waals surface area contributed by atoms with Crippen LogP contribution in [0.15, 0.2) is 53.5 Å². The molecule has 0 unspecified atom stereocenters. The molecule has 0 atom stereocenters. The Morgan fingerprint density at radius 3 is 2.88 bits per heavy atom. The quantitative estimate of drug-likeness (QED) is 0.722. The van der Waals surface area contributed by atoms with E-state index in [0.29, 0.717) is 12.1 Å². The number of hydrogen-bond acceptors (Lipinski definition) is 3. The molecule has 0 aliphatic carbocycles. The van der Waals surface area contributed by atoms with Crippen LogP contribution in [-0.2, 0) is 20.0 Å². The average Bonchev–Trinajstić information content (AvgIpc) is 3.23. The van der Waals surface area contributed by atoms with Crippen LogP contribution in [-0.4, -0.2) is 27.6 Å². The third-order valence-corrected chi connectivity index (χ3v) is 4.01. The van der Waals surface area contributed by atoms with Crippen LogP contribution in [0.2, 0.25) is 0 Å². The van der Waals surface area contributed by atoms with Crippen LogP contribution >= 0.6 is 0 Å². The molecule has 3 aromatic rings. The molecule has 0 aliphatic rings. The lowest BCUT2D eigenvalue weighted by atomic mass is 10.0. The fourth-order valence-corrected chi connectivity index (χ4v) is 2.81. The molecule has 5 nitrogen and oxygen atoms in total. The molecule has 0 N–H and O–H groups in total. The van der Waals surface area contributed by atoms with Gasteiger partial charge >= 0.3 is 0 Å². The number of aryl methyl sites for hydroxylation is 2. The first-order valence-electron chi connectivity index (χ1n) is 7.98. The second-order valence-electron chi connectivity index (χ2n) is 5.89. The van der Waals surface area contributed by atoms with E-state index in [1.807, 2.05) is 48.3 Å². The number of nitrogens with zero attached hydrogens (tertiary/aromatic N) is 3. The lowest BCUT2D eigenvalue weighted by molar-refractivity contribution is 0.0785. The summed E-state index contributed by atoms with van der Waals surface area (Å²) in [5.41, 5.74) is 4.77. The number of carbonyl (C=O) groups is 1. The van der Waals surface area contributed by atoms with Gasteiger partial charge in [0.15, 0.2) is 0 Å². The van der Waals surface area contributed by atoms with Crippen molar-refractivity contribution >= 4 is 5.91 Å². The Labute approximate surface area is 141 Å². The van der Waals surface area contributed by atoms with E-state index >= 15 is 0 Å². The normalized spacial score (nSPS) is 10.8. The molecular formula is C19H21N3O2. The van der Waals surface area contributed by atoms with Crippen molar-refractivity contribution in [3.8, 4) is 11.1 Å². The Morgan fingerprint density at radius 1 is 1.33 bits per heavy atom. The van der Waals surface area contributed by atoms with Crippen LogP contribution in [0.4, 0.5) is 0 Å². The molecular weight excluding hydrogens is 302 g/mol. The number of rotatable bonds is 5. The highest BCUT2D eigenvalue weighted by molar-refractivity contribution is 5.95. The smallest absolute Gasteiger partial charge is 0.253 e. The molecule has 0 radical (unpaired) electrons. The Kier molecular flexibility index (Phi) is 4.51. The van der Waals surface area contributed by atoms with Gasteiger partial charge in [-0.05, 0) is 30.2 Å². The summed E-state index contributed by atoms with van der Waals surface area (Å²) in [6.45, 7) is 2.60. The van der Waals surface area contributed by atoms with Crippen molar-refractivity contribution in [3.05, 3.63) is 65.9 Å². The molecule has 5 heteroatoms. The van der Waals surface area contributed by atoms with Crippen molar-refractivity contribution in [2.45, 2.75) is 19.9 Å². The highest BCUT2D eigenvalue weighted by atomic mass is 16.3. The molecule has 0 bridgehead atoms. The minimum absolute atomic E-state index is 0.0139. The maximum Gasteiger partial charge on any atom is 0.253 e. The van der Waals surface area contributed by atoms with Crippen molar-refractivity contribution in [2.75, 3.05) is 7.05 Å². The molecule has 3 rings (SSSR count). The van der Waals surface area contributed by atoms with E-state index in [9.17, 15) is 4.79 Å². The number of aromatic nitrogens is 2. The monoisotopic (exact) mass is 323 g/mol. The van der Waals surface area contributed by atoms with Gasteiger partial charge < -0.3 is 9.32 Å². The molecule has 0 spiro atoms. The summed E-state index contributed by atoms with van der Waals surface area (Å²) in [6, 6.07) is 9.58. The minimum Gasteiger partial charge on any atom is -0.472 e. The first kappa shape index (κ1) is 16.1. The molecule has 0 aliphatic heterocycles. The summed E-state index contributed by atoms with van der Waals surface area (Å²) < 4.78 is 6.87. The minimum atomic E-state index is -0.0139. The third kappa shape index (κ3) is 3.25. The third-order valence-electron chi connectivity index (χ3n) is 4.01. The summed E-state index contributed by atoms with van der Waals surface area (Å²) in [7, 11) is 3.71. The van der Waals surface area contributed by atoms with Gasteiger partial charge in [-0.25, -0.2) is 0 Å². The van der Waals surface area contributed by atoms with Gasteiger partial charge in [-0.3, -0.25) is 9.48 Å². The summed E-state index contributed by atoms with van der Waals surface area (Å²) in [6.07, 6.45) is 6.12. The van der Waals surface area contributed by atoms with Crippen molar-refractivity contribution in [1.82, 2.24) is 14.7 Å². The zero-order chi connectivity index (χ0) is 17.1. The fourth-order valence-electron chi connectivity index (χ4n) is 2.81. The van der Waals surface area contributed by atoms with Gasteiger partial charge in [0.25, 0.3) is 5.91 Å². The summed E-state index contributed by atoms with van der Waals surface area (Å²) in [4.78, 5) is 14.4. The van der Waals surface area contributed by atoms with Gasteiger partial charge in [0.1, 0.15) is 0 Å². The van der Waals surface area contributed by atoms with Crippen molar-refractivity contribution < 1.29 is 9.21 Å². The first-order chi connectivity index (χ1) is 11.6. The van der Waals surface area contributed by atoms with Gasteiger partial charge in [0, 0.05) is 43.5 Å². The summed E-state index contributed by atoms with van der Waals surface area (Å²) in [5, 5.41) is 4.48. The highest BCUT2D eigenvalue weighted by Gasteiger charge is 2.15. The zero-order valence-electron chi connectivity index (χ0n) is 14.2. The number of amides is 1. The van der Waals surface area contributed by atoms with Crippen LogP contribution in [0.25, 0.3) is 11.1 Å². The standard InChI is InChI=1S/C19H21N3O2/c1-4-18-17(12-22(3)20-18)15-6-5-7-16(10-15)19(23)21(2)11-14-8-9-24-13-14/h5-10,12-13H,4,11H2,1-3H3. The van der Waals surface area contributed by atoms with Crippen LogP contribution in [0.1, 0.15) is 28.5 Å². The van der Waals surface area contributed by atoms with Gasteiger partial charge in [-0.15, -0.1) is 0 Å². The van der Waals surface area contributed by atoms with Crippen LogP contribution < -0.4 is 0 Å². The zero-order valence-corrected chi connectivity index (χ0v) is 14.2. The summed E-state index contributed by atoms with van der Waals surface area (Å²) >= 11 is 0. The number of carbonyl (C=O) groups excluding carboxylic acids is 1. The maximum atomic E-state index is 12.7. The predicted molar refractivity (Wildman–Crippen MR) is 92.5 cm³/mol. The molecule has 0 fully saturated rings. The van der Waals surface area contributed by atoms with Gasteiger partial charge in [0.2, 0.25) is 0 Å². The van der Waals surface area contributed by atoms with Gasteiger partial charge in [-0.1, -0.05) is 19.1 Å². The number of hydrogen-bond donors (Lipinski definition) is 0. The van der Waals surface area contributed by atoms with E-state index in [-0.39, 0.29) is 5.91 Å². The molecule has 1 aromatic carbocycles. The predicted octanol–water partition coefficient (Wildman–Crippen LogP) is 3.51. The van der Waals surface area contributed by atoms with Gasteiger partial charge in [-0.2, -0.15) is 5.10 Å². The topological polar surface area (TPSA) is 51.3 Å². The molecule has 2 aromatic heterocycles. The molecule has 24 heavy (non-hydrogen) atoms. The molecule has 124 valence electrons. The Bertz CT molecular complexity index is 834. The lowest BCUT2D eigenvalue weighted by Gasteiger charge is -2.16. The molecule has 0 saturated carbocycles. The van der Waals surface area contributed by atoms with E-state index in [1.54, 1.807) is 24.5 Å². The summed E-state index contributed by atoms with van der Waals surface area (Å²) in [5.74, 6) is -0.0139. The molecule has 2 heterocycles. The number of benzene rings is 1. The second kappa shape index (κ2) is 6.74. The Balaban J connectivity index is 1.85. The largest absolute Gasteiger partial charge is 0.472 e. The van der Waals surface area contributed by atoms with E-state index in [2.05, 4.69) is 12.0 Å². The Morgan fingerprint density at radius 2 is 2.17 bits per heavy atom. The average molecular weight is 323 g/mol. The lowest BCUT2D eigenvalue weighted by Crippen LogP contribution is -2.25. The van der Waals surface area contributed by atoms with E-state index in [0.717, 1.165) is 28.8 Å². The van der Waals surface area contributed by atoms with Crippen molar-refractivity contribution in [3.63, 3.8) is 0 Å². The van der Waals surface area contributed by atoms with E-state index in [1.165, 1.54) is 0 Å². The first-order valence-corrected chi connectivity index (χ1v) is 7.98. The van der Waals surface area contributed by atoms with Crippen LogP contribution in [0.5, 0.6) is 0 Å². The molecule has 1 amide bonds. The van der Waals surface area contributed by atoms with Crippen molar-refractivity contribution in [1.29, 1.82) is 0 Å². The van der Waals surface area contributed by atoms with Crippen LogP contribution in [0, 0.1) is 0 Å². The van der Waals surface area contributed by atoms with E-state index < -0.39 is 0 Å². The van der Waals surface area contributed by atoms with Crippen LogP contribution in [0.3, 0.4) is 0 Å². The Hall–Kier alpha value is -2.82. The maximum absolute atomic E-state index is 12.7. The second-order valence-corrected chi connectivity index (χ2v) is 5.89. The van der Waals surface area contributed by atoms with Gasteiger partial charge in [0.05, 0.1) is 18.2 Å². The number of furan rings is 1. The highest BCUT2D eigenvalue weighted by Crippen LogP contribution is 2.24. The van der Waals surface area contributed by atoms with E-state index in [4.69, 9.17) is 4.42 Å². The molecule has 0 saturated heterocycles.